The summed E-state index contributed by atoms with van der Waals surface area (Å²) in [6, 6.07) is 8.62. The van der Waals surface area contributed by atoms with E-state index in [2.05, 4.69) is 25.2 Å². The van der Waals surface area contributed by atoms with Gasteiger partial charge in [-0.25, -0.2) is 0 Å². The molecule has 1 aliphatic carbocycles. The molecule has 0 amide bonds. The minimum absolute atomic E-state index is 0.159. The second-order valence-corrected chi connectivity index (χ2v) is 7.89. The Hall–Kier alpha value is -0.220. The number of rotatable bonds is 8. The Kier molecular flexibility index (Phi) is 5.79. The van der Waals surface area contributed by atoms with Crippen molar-refractivity contribution < 1.29 is 5.11 Å². The third-order valence-corrected chi connectivity index (χ3v) is 5.28. The monoisotopic (exact) mass is 313 g/mol. The lowest BCUT2D eigenvalue weighted by atomic mass is 9.97. The summed E-state index contributed by atoms with van der Waals surface area (Å²) in [4.78, 5) is 0. The van der Waals surface area contributed by atoms with Crippen molar-refractivity contribution in [3.05, 3.63) is 34.9 Å². The molecule has 20 heavy (non-hydrogen) atoms. The van der Waals surface area contributed by atoms with Gasteiger partial charge >= 0.3 is 0 Å². The van der Waals surface area contributed by atoms with Gasteiger partial charge in [-0.2, -0.15) is 11.8 Å². The molecule has 1 saturated carbocycles. The van der Waals surface area contributed by atoms with E-state index in [0.717, 1.165) is 17.2 Å². The predicted molar refractivity (Wildman–Crippen MR) is 88.5 cm³/mol. The van der Waals surface area contributed by atoms with Crippen LogP contribution in [0.3, 0.4) is 0 Å². The molecule has 0 aliphatic heterocycles. The topological polar surface area (TPSA) is 32.3 Å². The van der Waals surface area contributed by atoms with Crippen LogP contribution in [0.5, 0.6) is 0 Å². The summed E-state index contributed by atoms with van der Waals surface area (Å²) in [5, 5.41) is 14.5. The number of aliphatic hydroxyl groups excluding tert-OH is 1. The van der Waals surface area contributed by atoms with Gasteiger partial charge < -0.3 is 10.4 Å². The van der Waals surface area contributed by atoms with E-state index in [4.69, 9.17) is 11.6 Å². The molecule has 0 spiro atoms. The van der Waals surface area contributed by atoms with Crippen molar-refractivity contribution in [1.82, 2.24) is 5.32 Å². The van der Waals surface area contributed by atoms with Gasteiger partial charge in [-0.1, -0.05) is 36.7 Å². The average molecular weight is 314 g/mol. The molecule has 0 aromatic heterocycles. The molecular formula is C16H24ClNOS. The molecule has 0 radical (unpaired) electrons. The first-order valence-corrected chi connectivity index (χ1v) is 8.69. The van der Waals surface area contributed by atoms with Gasteiger partial charge in [0, 0.05) is 27.6 Å². The second kappa shape index (κ2) is 7.17. The van der Waals surface area contributed by atoms with Crippen molar-refractivity contribution in [2.24, 2.45) is 0 Å². The highest BCUT2D eigenvalue weighted by molar-refractivity contribution is 7.99. The van der Waals surface area contributed by atoms with Crippen LogP contribution in [0.4, 0.5) is 0 Å². The fourth-order valence-corrected chi connectivity index (χ4v) is 3.91. The minimum atomic E-state index is -0.159. The van der Waals surface area contributed by atoms with Gasteiger partial charge in [0.25, 0.3) is 0 Å². The molecule has 1 fully saturated rings. The molecular weight excluding hydrogens is 290 g/mol. The number of hydrogen-bond donors (Lipinski definition) is 2. The van der Waals surface area contributed by atoms with E-state index in [1.165, 1.54) is 18.4 Å². The van der Waals surface area contributed by atoms with E-state index in [-0.39, 0.29) is 12.1 Å². The summed E-state index contributed by atoms with van der Waals surface area (Å²) >= 11 is 8.08. The first-order chi connectivity index (χ1) is 9.52. The first kappa shape index (κ1) is 16.2. The van der Waals surface area contributed by atoms with Crippen LogP contribution in [0, 0.1) is 0 Å². The summed E-state index contributed by atoms with van der Waals surface area (Å²) in [7, 11) is 0. The van der Waals surface area contributed by atoms with Crippen LogP contribution >= 0.6 is 23.4 Å². The van der Waals surface area contributed by atoms with Gasteiger partial charge in [0.2, 0.25) is 0 Å². The zero-order valence-corrected chi connectivity index (χ0v) is 13.8. The SMILES string of the molecule is CC(CC(C)(CO)NC1CC1)SCc1ccccc1Cl. The molecule has 1 aromatic carbocycles. The first-order valence-electron chi connectivity index (χ1n) is 7.26. The largest absolute Gasteiger partial charge is 0.394 e. The number of halogens is 1. The van der Waals surface area contributed by atoms with E-state index in [1.54, 1.807) is 0 Å². The molecule has 4 heteroatoms. The van der Waals surface area contributed by atoms with Crippen molar-refractivity contribution in [3.63, 3.8) is 0 Å². The van der Waals surface area contributed by atoms with E-state index < -0.39 is 0 Å². The Bertz CT molecular complexity index is 438. The highest BCUT2D eigenvalue weighted by atomic mass is 35.5. The molecule has 2 unspecified atom stereocenters. The minimum Gasteiger partial charge on any atom is -0.394 e. The number of benzene rings is 1. The van der Waals surface area contributed by atoms with Gasteiger partial charge in [0.05, 0.1) is 6.61 Å². The van der Waals surface area contributed by atoms with E-state index in [1.807, 2.05) is 30.0 Å². The quantitative estimate of drug-likeness (QED) is 0.764. The third kappa shape index (κ3) is 4.96. The Labute approximate surface area is 131 Å². The molecule has 1 aromatic rings. The Morgan fingerprint density at radius 3 is 2.75 bits per heavy atom. The number of nitrogens with one attached hydrogen (secondary N) is 1. The predicted octanol–water partition coefficient (Wildman–Crippen LogP) is 3.85. The van der Waals surface area contributed by atoms with Crippen molar-refractivity contribution in [2.75, 3.05) is 6.61 Å². The second-order valence-electron chi connectivity index (χ2n) is 6.05. The maximum absolute atomic E-state index is 9.65. The molecule has 2 N–H and O–H groups in total. The van der Waals surface area contributed by atoms with Crippen molar-refractivity contribution in [3.8, 4) is 0 Å². The average Bonchev–Trinajstić information content (AvgIpc) is 3.21. The van der Waals surface area contributed by atoms with E-state index >= 15 is 0 Å². The van der Waals surface area contributed by atoms with Crippen LogP contribution in [0.15, 0.2) is 24.3 Å². The van der Waals surface area contributed by atoms with Crippen LogP contribution < -0.4 is 5.32 Å². The van der Waals surface area contributed by atoms with E-state index in [9.17, 15) is 5.11 Å². The molecule has 2 nitrogen and oxygen atoms in total. The van der Waals surface area contributed by atoms with Gasteiger partial charge in [0.1, 0.15) is 0 Å². The Morgan fingerprint density at radius 2 is 2.15 bits per heavy atom. The van der Waals surface area contributed by atoms with Gasteiger partial charge in [-0.3, -0.25) is 0 Å². The fraction of sp³-hybridized carbons (Fsp3) is 0.625. The summed E-state index contributed by atoms with van der Waals surface area (Å²) in [5.74, 6) is 0.922. The van der Waals surface area contributed by atoms with Gasteiger partial charge in [-0.05, 0) is 37.8 Å². The lowest BCUT2D eigenvalue weighted by Crippen LogP contribution is -2.48. The molecule has 0 bridgehead atoms. The zero-order valence-electron chi connectivity index (χ0n) is 12.2. The molecule has 1 aliphatic rings. The van der Waals surface area contributed by atoms with E-state index in [0.29, 0.717) is 11.3 Å². The highest BCUT2D eigenvalue weighted by Gasteiger charge is 2.33. The lowest BCUT2D eigenvalue weighted by molar-refractivity contribution is 0.164. The zero-order chi connectivity index (χ0) is 14.6. The normalized spacial score (nSPS) is 19.6. The summed E-state index contributed by atoms with van der Waals surface area (Å²) < 4.78 is 0. The number of aliphatic hydroxyl groups is 1. The smallest absolute Gasteiger partial charge is 0.0611 e. The summed E-state index contributed by atoms with van der Waals surface area (Å²) in [5.41, 5.74) is 1.03. The molecule has 2 rings (SSSR count). The fourth-order valence-electron chi connectivity index (χ4n) is 2.43. The Balaban J connectivity index is 1.81. The molecule has 0 heterocycles. The van der Waals surface area contributed by atoms with Gasteiger partial charge in [0.15, 0.2) is 0 Å². The van der Waals surface area contributed by atoms with Crippen molar-refractivity contribution in [2.45, 2.75) is 55.7 Å². The third-order valence-electron chi connectivity index (χ3n) is 3.70. The highest BCUT2D eigenvalue weighted by Crippen LogP contribution is 2.30. The Morgan fingerprint density at radius 1 is 1.45 bits per heavy atom. The maximum Gasteiger partial charge on any atom is 0.0611 e. The number of hydrogen-bond acceptors (Lipinski definition) is 3. The lowest BCUT2D eigenvalue weighted by Gasteiger charge is -2.31. The summed E-state index contributed by atoms with van der Waals surface area (Å²) in [6.07, 6.45) is 3.46. The standard InChI is InChI=1S/C16H24ClNOS/c1-12(9-16(2,11-19)18-14-7-8-14)20-10-13-5-3-4-6-15(13)17/h3-6,12,14,18-19H,7-11H2,1-2H3. The van der Waals surface area contributed by atoms with Crippen LogP contribution in [-0.4, -0.2) is 28.5 Å². The maximum atomic E-state index is 9.65. The van der Waals surface area contributed by atoms with Gasteiger partial charge in [-0.15, -0.1) is 0 Å². The van der Waals surface area contributed by atoms with Crippen LogP contribution in [0.1, 0.15) is 38.7 Å². The molecule has 112 valence electrons. The molecule has 0 saturated heterocycles. The van der Waals surface area contributed by atoms with Crippen LogP contribution in [-0.2, 0) is 5.75 Å². The molecule has 2 atom stereocenters. The van der Waals surface area contributed by atoms with Crippen molar-refractivity contribution >= 4 is 23.4 Å². The van der Waals surface area contributed by atoms with Crippen molar-refractivity contribution in [1.29, 1.82) is 0 Å². The number of thioether (sulfide) groups is 1. The summed E-state index contributed by atoms with van der Waals surface area (Å²) in [6.45, 7) is 4.54. The van der Waals surface area contributed by atoms with Crippen LogP contribution in [0.25, 0.3) is 0 Å². The van der Waals surface area contributed by atoms with Crippen LogP contribution in [0.2, 0.25) is 5.02 Å².